The first-order valence-corrected chi connectivity index (χ1v) is 8.51. The van der Waals surface area contributed by atoms with Crippen LogP contribution in [0.4, 0.5) is 5.69 Å². The average Bonchev–Trinajstić information content (AvgIpc) is 2.80. The van der Waals surface area contributed by atoms with Gasteiger partial charge in [-0.2, -0.15) is 0 Å². The molecule has 0 amide bonds. The van der Waals surface area contributed by atoms with E-state index in [-0.39, 0.29) is 6.04 Å². The maximum absolute atomic E-state index is 6.11. The summed E-state index contributed by atoms with van der Waals surface area (Å²) in [7, 11) is 0. The molecule has 0 fully saturated rings. The summed E-state index contributed by atoms with van der Waals surface area (Å²) in [6, 6.07) is 7.73. The molecule has 0 bridgehead atoms. The van der Waals surface area contributed by atoms with E-state index in [1.807, 2.05) is 31.2 Å². The van der Waals surface area contributed by atoms with Crippen LogP contribution >= 0.6 is 50.5 Å². The number of rotatable bonds is 5. The molecule has 0 aliphatic heterocycles. The van der Waals surface area contributed by atoms with Crippen molar-refractivity contribution >= 4 is 56.2 Å². The highest BCUT2D eigenvalue weighted by molar-refractivity contribution is 9.10. The molecule has 1 heterocycles. The van der Waals surface area contributed by atoms with Crippen LogP contribution in [0.15, 0.2) is 28.7 Å². The Labute approximate surface area is 141 Å². The Hall–Kier alpha value is -0.420. The minimum atomic E-state index is 0.122. The first-order chi connectivity index (χ1) is 9.51. The Morgan fingerprint density at radius 3 is 2.70 bits per heavy atom. The lowest BCUT2D eigenvalue weighted by atomic mass is 10.2. The second-order valence-electron chi connectivity index (χ2n) is 4.21. The van der Waals surface area contributed by atoms with Gasteiger partial charge in [0, 0.05) is 9.90 Å². The Morgan fingerprint density at radius 2 is 2.10 bits per heavy atom. The van der Waals surface area contributed by atoms with Gasteiger partial charge >= 0.3 is 0 Å². The van der Waals surface area contributed by atoms with Gasteiger partial charge in [0.2, 0.25) is 0 Å². The van der Waals surface area contributed by atoms with Crippen molar-refractivity contribution in [2.75, 3.05) is 11.9 Å². The SMILES string of the molecule is CCOc1c(Br)cc(Cl)cc1NC(C)c1ccc(Cl)s1. The van der Waals surface area contributed by atoms with E-state index < -0.39 is 0 Å². The third-order valence-electron chi connectivity index (χ3n) is 2.69. The van der Waals surface area contributed by atoms with Gasteiger partial charge in [-0.05, 0) is 54.0 Å². The van der Waals surface area contributed by atoms with E-state index in [4.69, 9.17) is 27.9 Å². The van der Waals surface area contributed by atoms with Crippen molar-refractivity contribution in [3.8, 4) is 5.75 Å². The lowest BCUT2D eigenvalue weighted by molar-refractivity contribution is 0.339. The Morgan fingerprint density at radius 1 is 1.35 bits per heavy atom. The fourth-order valence-electron chi connectivity index (χ4n) is 1.82. The molecule has 1 aromatic carbocycles. The van der Waals surface area contributed by atoms with Crippen LogP contribution in [0.5, 0.6) is 5.75 Å². The summed E-state index contributed by atoms with van der Waals surface area (Å²) >= 11 is 17.1. The first kappa shape index (κ1) is 16.0. The van der Waals surface area contributed by atoms with Crippen LogP contribution in [0.1, 0.15) is 24.8 Å². The zero-order valence-corrected chi connectivity index (χ0v) is 15.0. The van der Waals surface area contributed by atoms with Crippen molar-refractivity contribution in [3.05, 3.63) is 43.0 Å². The molecule has 0 aliphatic rings. The van der Waals surface area contributed by atoms with Crippen molar-refractivity contribution < 1.29 is 4.74 Å². The molecule has 0 radical (unpaired) electrons. The maximum Gasteiger partial charge on any atom is 0.156 e. The predicted molar refractivity (Wildman–Crippen MR) is 91.7 cm³/mol. The number of hydrogen-bond acceptors (Lipinski definition) is 3. The number of hydrogen-bond donors (Lipinski definition) is 1. The molecule has 6 heteroatoms. The molecule has 0 aliphatic carbocycles. The molecule has 2 aromatic rings. The molecule has 1 atom stereocenters. The van der Waals surface area contributed by atoms with E-state index in [1.54, 1.807) is 11.3 Å². The quantitative estimate of drug-likeness (QED) is 0.634. The number of benzene rings is 1. The average molecular weight is 395 g/mol. The molecule has 0 saturated heterocycles. The number of halogens is 3. The largest absolute Gasteiger partial charge is 0.491 e. The fraction of sp³-hybridized carbons (Fsp3) is 0.286. The van der Waals surface area contributed by atoms with Crippen LogP contribution in [0.2, 0.25) is 9.36 Å². The molecule has 2 nitrogen and oxygen atoms in total. The normalized spacial score (nSPS) is 12.2. The standard InChI is InChI=1S/C14H14BrCl2NOS/c1-3-19-14-10(15)6-9(16)7-11(14)18-8(2)12-4-5-13(17)20-12/h4-8,18H,3H2,1-2H3. The molecule has 1 aromatic heterocycles. The highest BCUT2D eigenvalue weighted by Gasteiger charge is 2.14. The molecule has 1 unspecified atom stereocenters. The molecule has 1 N–H and O–H groups in total. The second-order valence-corrected chi connectivity index (χ2v) is 7.24. The number of nitrogens with one attached hydrogen (secondary N) is 1. The Bertz CT molecular complexity index is 603. The van der Waals surface area contributed by atoms with Gasteiger partial charge in [0.1, 0.15) is 0 Å². The van der Waals surface area contributed by atoms with Gasteiger partial charge < -0.3 is 10.1 Å². The molecular formula is C14H14BrCl2NOS. The van der Waals surface area contributed by atoms with Crippen LogP contribution in [0.25, 0.3) is 0 Å². The van der Waals surface area contributed by atoms with Gasteiger partial charge in [0.15, 0.2) is 5.75 Å². The smallest absolute Gasteiger partial charge is 0.156 e. The monoisotopic (exact) mass is 393 g/mol. The van der Waals surface area contributed by atoms with E-state index in [9.17, 15) is 0 Å². The summed E-state index contributed by atoms with van der Waals surface area (Å²) in [6.45, 7) is 4.62. The fourth-order valence-corrected chi connectivity index (χ4v) is 3.81. The van der Waals surface area contributed by atoms with Crippen LogP contribution in [-0.4, -0.2) is 6.61 Å². The summed E-state index contributed by atoms with van der Waals surface area (Å²) in [5, 5.41) is 4.07. The maximum atomic E-state index is 6.11. The van der Waals surface area contributed by atoms with E-state index in [0.717, 1.165) is 25.1 Å². The summed E-state index contributed by atoms with van der Waals surface area (Å²) in [5.74, 6) is 0.770. The van der Waals surface area contributed by atoms with Crippen molar-refractivity contribution in [1.82, 2.24) is 0 Å². The summed E-state index contributed by atoms with van der Waals surface area (Å²) < 4.78 is 7.30. The molecule has 0 spiro atoms. The predicted octanol–water partition coefficient (Wildman–Crippen LogP) is 6.39. The third-order valence-corrected chi connectivity index (χ3v) is 4.91. The summed E-state index contributed by atoms with van der Waals surface area (Å²) in [4.78, 5) is 1.16. The second kappa shape index (κ2) is 7.03. The van der Waals surface area contributed by atoms with E-state index in [1.165, 1.54) is 0 Å². The molecule has 108 valence electrons. The summed E-state index contributed by atoms with van der Waals surface area (Å²) in [6.07, 6.45) is 0. The van der Waals surface area contributed by atoms with Gasteiger partial charge in [-0.1, -0.05) is 23.2 Å². The third kappa shape index (κ3) is 3.82. The summed E-state index contributed by atoms with van der Waals surface area (Å²) in [5.41, 5.74) is 0.864. The lowest BCUT2D eigenvalue weighted by Crippen LogP contribution is -2.07. The van der Waals surface area contributed by atoms with Crippen molar-refractivity contribution in [3.63, 3.8) is 0 Å². The number of anilines is 1. The molecular weight excluding hydrogens is 381 g/mol. The van der Waals surface area contributed by atoms with Gasteiger partial charge in [-0.3, -0.25) is 0 Å². The van der Waals surface area contributed by atoms with Crippen LogP contribution in [0.3, 0.4) is 0 Å². The highest BCUT2D eigenvalue weighted by Crippen LogP contribution is 2.39. The molecule has 2 rings (SSSR count). The van der Waals surface area contributed by atoms with Gasteiger partial charge in [0.05, 0.1) is 27.1 Å². The Kier molecular flexibility index (Phi) is 5.61. The van der Waals surface area contributed by atoms with Gasteiger partial charge in [0.25, 0.3) is 0 Å². The Balaban J connectivity index is 2.27. The first-order valence-electron chi connectivity index (χ1n) is 6.15. The van der Waals surface area contributed by atoms with E-state index in [2.05, 4.69) is 28.2 Å². The molecule has 0 saturated carbocycles. The molecule has 20 heavy (non-hydrogen) atoms. The zero-order chi connectivity index (χ0) is 14.7. The van der Waals surface area contributed by atoms with Crippen molar-refractivity contribution in [1.29, 1.82) is 0 Å². The van der Waals surface area contributed by atoms with E-state index in [0.29, 0.717) is 11.6 Å². The van der Waals surface area contributed by atoms with Crippen molar-refractivity contribution in [2.24, 2.45) is 0 Å². The van der Waals surface area contributed by atoms with Crippen LogP contribution < -0.4 is 10.1 Å². The number of ether oxygens (including phenoxy) is 1. The van der Waals surface area contributed by atoms with Crippen LogP contribution in [-0.2, 0) is 0 Å². The van der Waals surface area contributed by atoms with E-state index >= 15 is 0 Å². The minimum Gasteiger partial charge on any atom is -0.491 e. The zero-order valence-electron chi connectivity index (χ0n) is 11.0. The topological polar surface area (TPSA) is 21.3 Å². The van der Waals surface area contributed by atoms with Gasteiger partial charge in [-0.15, -0.1) is 11.3 Å². The highest BCUT2D eigenvalue weighted by atomic mass is 79.9. The number of thiophene rings is 1. The van der Waals surface area contributed by atoms with Crippen LogP contribution in [0, 0.1) is 0 Å². The van der Waals surface area contributed by atoms with Crippen molar-refractivity contribution in [2.45, 2.75) is 19.9 Å². The lowest BCUT2D eigenvalue weighted by Gasteiger charge is -2.18. The minimum absolute atomic E-state index is 0.122. The van der Waals surface area contributed by atoms with Gasteiger partial charge in [-0.25, -0.2) is 0 Å².